The van der Waals surface area contributed by atoms with Gasteiger partial charge >= 0.3 is 0 Å². The third-order valence-electron chi connectivity index (χ3n) is 3.39. The molecule has 0 spiro atoms. The van der Waals surface area contributed by atoms with Crippen LogP contribution in [-0.2, 0) is 7.05 Å². The molecule has 2 heterocycles. The van der Waals surface area contributed by atoms with Gasteiger partial charge in [-0.1, -0.05) is 25.1 Å². The summed E-state index contributed by atoms with van der Waals surface area (Å²) in [6.45, 7) is 2.97. The zero-order valence-corrected chi connectivity index (χ0v) is 12.3. The molecule has 5 nitrogen and oxygen atoms in total. The normalized spacial score (nSPS) is 12.5. The summed E-state index contributed by atoms with van der Waals surface area (Å²) in [5.41, 5.74) is 3.18. The van der Waals surface area contributed by atoms with Gasteiger partial charge in [0.1, 0.15) is 0 Å². The third-order valence-corrected chi connectivity index (χ3v) is 3.39. The predicted octanol–water partition coefficient (Wildman–Crippen LogP) is 2.30. The number of rotatable bonds is 5. The average molecular weight is 281 g/mol. The molecule has 21 heavy (non-hydrogen) atoms. The summed E-state index contributed by atoms with van der Waals surface area (Å²) in [4.78, 5) is 0. The Kier molecular flexibility index (Phi) is 3.83. The second kappa shape index (κ2) is 5.93. The smallest absolute Gasteiger partial charge is 0.0845 e. The Morgan fingerprint density at radius 3 is 2.67 bits per heavy atom. The number of aryl methyl sites for hydroxylation is 1. The Morgan fingerprint density at radius 2 is 2.00 bits per heavy atom. The van der Waals surface area contributed by atoms with Crippen molar-refractivity contribution in [1.82, 2.24) is 24.9 Å². The predicted molar refractivity (Wildman–Crippen MR) is 82.3 cm³/mol. The molecular weight excluding hydrogens is 262 g/mol. The van der Waals surface area contributed by atoms with E-state index in [1.165, 1.54) is 0 Å². The molecule has 0 aliphatic rings. The van der Waals surface area contributed by atoms with Crippen molar-refractivity contribution >= 4 is 0 Å². The molecule has 0 fully saturated rings. The fraction of sp³-hybridized carbons (Fsp3) is 0.250. The molecule has 0 radical (unpaired) electrons. The van der Waals surface area contributed by atoms with Gasteiger partial charge in [0.15, 0.2) is 0 Å². The van der Waals surface area contributed by atoms with Crippen LogP contribution in [-0.4, -0.2) is 26.1 Å². The van der Waals surface area contributed by atoms with Crippen molar-refractivity contribution in [2.45, 2.75) is 13.0 Å². The summed E-state index contributed by atoms with van der Waals surface area (Å²) in [5, 5.41) is 12.4. The zero-order valence-electron chi connectivity index (χ0n) is 12.3. The van der Waals surface area contributed by atoms with E-state index in [4.69, 9.17) is 5.10 Å². The molecule has 0 aliphatic carbocycles. The van der Waals surface area contributed by atoms with E-state index < -0.39 is 0 Å². The summed E-state index contributed by atoms with van der Waals surface area (Å²) in [7, 11) is 1.93. The van der Waals surface area contributed by atoms with Crippen molar-refractivity contribution in [2.75, 3.05) is 6.54 Å². The second-order valence-electron chi connectivity index (χ2n) is 4.96. The zero-order chi connectivity index (χ0) is 14.7. The van der Waals surface area contributed by atoms with Crippen LogP contribution in [0.1, 0.15) is 24.2 Å². The number of hydrogen-bond acceptors (Lipinski definition) is 3. The molecule has 1 aromatic carbocycles. The fourth-order valence-corrected chi connectivity index (χ4v) is 2.40. The quantitative estimate of drug-likeness (QED) is 0.780. The number of nitrogens with zero attached hydrogens (tertiary/aromatic N) is 4. The molecule has 0 amide bonds. The molecule has 1 N–H and O–H groups in total. The van der Waals surface area contributed by atoms with Gasteiger partial charge in [-0.15, -0.1) is 0 Å². The summed E-state index contributed by atoms with van der Waals surface area (Å²) in [6, 6.07) is 12.2. The van der Waals surface area contributed by atoms with E-state index in [2.05, 4.69) is 17.3 Å². The van der Waals surface area contributed by atoms with Crippen molar-refractivity contribution in [1.29, 1.82) is 0 Å². The number of para-hydroxylation sites is 1. The van der Waals surface area contributed by atoms with Crippen molar-refractivity contribution in [3.05, 3.63) is 66.2 Å². The molecule has 3 rings (SSSR count). The summed E-state index contributed by atoms with van der Waals surface area (Å²) in [6.07, 6.45) is 5.90. The Hall–Kier alpha value is -2.40. The van der Waals surface area contributed by atoms with E-state index in [0.717, 1.165) is 23.5 Å². The number of aromatic nitrogens is 4. The topological polar surface area (TPSA) is 47.7 Å². The monoisotopic (exact) mass is 281 g/mol. The lowest BCUT2D eigenvalue weighted by Gasteiger charge is -2.13. The molecule has 108 valence electrons. The van der Waals surface area contributed by atoms with E-state index in [1.807, 2.05) is 71.4 Å². The first-order valence-electron chi connectivity index (χ1n) is 7.11. The molecule has 0 aliphatic heterocycles. The molecule has 1 atom stereocenters. The van der Waals surface area contributed by atoms with Gasteiger partial charge in [-0.25, -0.2) is 4.68 Å². The molecule has 3 aromatic rings. The fourth-order valence-electron chi connectivity index (χ4n) is 2.40. The lowest BCUT2D eigenvalue weighted by atomic mass is 10.1. The highest BCUT2D eigenvalue weighted by Gasteiger charge is 2.17. The van der Waals surface area contributed by atoms with Crippen LogP contribution in [0.5, 0.6) is 0 Å². The summed E-state index contributed by atoms with van der Waals surface area (Å²) in [5.74, 6) is 0. The van der Waals surface area contributed by atoms with E-state index in [-0.39, 0.29) is 6.04 Å². The van der Waals surface area contributed by atoms with Crippen LogP contribution in [0.3, 0.4) is 0 Å². The first-order valence-corrected chi connectivity index (χ1v) is 7.11. The molecule has 1 unspecified atom stereocenters. The maximum atomic E-state index is 4.70. The lowest BCUT2D eigenvalue weighted by molar-refractivity contribution is 0.607. The van der Waals surface area contributed by atoms with Gasteiger partial charge in [0, 0.05) is 25.0 Å². The minimum absolute atomic E-state index is 0.0636. The van der Waals surface area contributed by atoms with E-state index >= 15 is 0 Å². The maximum absolute atomic E-state index is 4.70. The molecule has 5 heteroatoms. The summed E-state index contributed by atoms with van der Waals surface area (Å²) >= 11 is 0. The van der Waals surface area contributed by atoms with Gasteiger partial charge in [0.2, 0.25) is 0 Å². The Labute approximate surface area is 124 Å². The van der Waals surface area contributed by atoms with Gasteiger partial charge in [-0.2, -0.15) is 10.2 Å². The van der Waals surface area contributed by atoms with Gasteiger partial charge in [-0.05, 0) is 24.7 Å². The van der Waals surface area contributed by atoms with E-state index in [0.29, 0.717) is 0 Å². The highest BCUT2D eigenvalue weighted by molar-refractivity contribution is 5.32. The minimum Gasteiger partial charge on any atom is -0.305 e. The molecule has 0 saturated carbocycles. The van der Waals surface area contributed by atoms with Crippen molar-refractivity contribution in [3.63, 3.8) is 0 Å². The Balaban J connectivity index is 1.92. The van der Waals surface area contributed by atoms with Gasteiger partial charge < -0.3 is 5.32 Å². The van der Waals surface area contributed by atoms with Crippen molar-refractivity contribution < 1.29 is 0 Å². The lowest BCUT2D eigenvalue weighted by Crippen LogP contribution is -2.22. The van der Waals surface area contributed by atoms with E-state index in [1.54, 1.807) is 0 Å². The van der Waals surface area contributed by atoms with Crippen LogP contribution in [0.2, 0.25) is 0 Å². The molecule has 0 saturated heterocycles. The van der Waals surface area contributed by atoms with Gasteiger partial charge in [0.25, 0.3) is 0 Å². The minimum atomic E-state index is 0.0636. The Morgan fingerprint density at radius 1 is 1.19 bits per heavy atom. The standard InChI is InChI=1S/C16H19N5/c1-3-17-16(13-11-18-20(2)12-13)15-9-10-21(19-15)14-7-5-4-6-8-14/h4-12,16-17H,3H2,1-2H3. The SMILES string of the molecule is CCNC(c1cnn(C)c1)c1ccn(-c2ccccc2)n1. The van der Waals surface area contributed by atoms with Crippen LogP contribution in [0.25, 0.3) is 5.69 Å². The van der Waals surface area contributed by atoms with Gasteiger partial charge in [0.05, 0.1) is 23.6 Å². The third kappa shape index (κ3) is 2.87. The van der Waals surface area contributed by atoms with E-state index in [9.17, 15) is 0 Å². The highest BCUT2D eigenvalue weighted by atomic mass is 15.3. The second-order valence-corrected chi connectivity index (χ2v) is 4.96. The first kappa shape index (κ1) is 13.6. The molecular formula is C16H19N5. The molecule has 2 aromatic heterocycles. The van der Waals surface area contributed by atoms with Crippen LogP contribution in [0.4, 0.5) is 0 Å². The number of nitrogens with one attached hydrogen (secondary N) is 1. The van der Waals surface area contributed by atoms with Crippen molar-refractivity contribution in [3.8, 4) is 5.69 Å². The Bertz CT molecular complexity index is 698. The van der Waals surface area contributed by atoms with Crippen LogP contribution < -0.4 is 5.32 Å². The molecule has 0 bridgehead atoms. The van der Waals surface area contributed by atoms with Crippen molar-refractivity contribution in [2.24, 2.45) is 7.05 Å². The number of hydrogen-bond donors (Lipinski definition) is 1. The van der Waals surface area contributed by atoms with Crippen LogP contribution in [0, 0.1) is 0 Å². The average Bonchev–Trinajstić information content (AvgIpc) is 3.15. The maximum Gasteiger partial charge on any atom is 0.0845 e. The number of benzene rings is 1. The largest absolute Gasteiger partial charge is 0.305 e. The van der Waals surface area contributed by atoms with Gasteiger partial charge in [-0.3, -0.25) is 4.68 Å². The summed E-state index contributed by atoms with van der Waals surface area (Å²) < 4.78 is 3.71. The first-order chi connectivity index (χ1) is 10.3. The van der Waals surface area contributed by atoms with Crippen LogP contribution in [0.15, 0.2) is 55.0 Å². The highest BCUT2D eigenvalue weighted by Crippen LogP contribution is 2.20. The van der Waals surface area contributed by atoms with Crippen LogP contribution >= 0.6 is 0 Å².